The second-order valence-electron chi connectivity index (χ2n) is 9.21. The minimum absolute atomic E-state index is 0.938. The first kappa shape index (κ1) is 56.1. The van der Waals surface area contributed by atoms with E-state index in [9.17, 15) is 0 Å². The van der Waals surface area contributed by atoms with E-state index in [4.69, 9.17) is 6.42 Å². The lowest BCUT2D eigenvalue weighted by molar-refractivity contribution is 0.792. The monoisotopic (exact) mass is 595 g/mol. The topological polar surface area (TPSA) is 0 Å². The van der Waals surface area contributed by atoms with Crippen LogP contribution in [0.4, 0.5) is 0 Å². The van der Waals surface area contributed by atoms with Gasteiger partial charge in [0.05, 0.1) is 0 Å². The molecule has 1 aromatic rings. The molecule has 0 heterocycles. The van der Waals surface area contributed by atoms with Crippen molar-refractivity contribution in [3.8, 4) is 12.3 Å². The summed E-state index contributed by atoms with van der Waals surface area (Å²) in [6.07, 6.45) is 20.0. The van der Waals surface area contributed by atoms with E-state index in [2.05, 4.69) is 72.4 Å². The summed E-state index contributed by atoms with van der Waals surface area (Å²) in [6.45, 7) is 48.3. The van der Waals surface area contributed by atoms with Gasteiger partial charge in [-0.15, -0.1) is 13.0 Å². The van der Waals surface area contributed by atoms with Crippen molar-refractivity contribution in [3.63, 3.8) is 0 Å². The van der Waals surface area contributed by atoms with Gasteiger partial charge in [-0.25, -0.2) is 0 Å². The summed E-state index contributed by atoms with van der Waals surface area (Å²) in [5.74, 6) is 2.67. The van der Waals surface area contributed by atoms with Gasteiger partial charge in [0.1, 0.15) is 0 Å². The number of allylic oxidation sites excluding steroid dienone is 9. The van der Waals surface area contributed by atoms with Crippen molar-refractivity contribution >= 4 is 5.57 Å². The number of hydrogen-bond acceptors (Lipinski definition) is 0. The number of benzene rings is 1. The standard InChI is InChI=1S/C14H14.C13H22.C4H8.C4H10.4C2H6/c1-5-7-11(3)14-9-8-12(4)13(6-2)10-14;1-6-7-8-13(12(4)5)10-9-11(2)3;1-4(2)3;1-3-4-2;4*1-2/h2,5,7-10H,3H2,1,4H3;9-10H,2,6-8H2,1,3-5H3;1H2,2-3H3;3-4H2,1-2H3;4*1-2H3/b7-5-;10-9-;;;;;;. The van der Waals surface area contributed by atoms with Crippen molar-refractivity contribution in [3.05, 3.63) is 101 Å². The van der Waals surface area contributed by atoms with Gasteiger partial charge in [-0.1, -0.05) is 168 Å². The summed E-state index contributed by atoms with van der Waals surface area (Å²) in [7, 11) is 0. The van der Waals surface area contributed by atoms with Gasteiger partial charge >= 0.3 is 0 Å². The van der Waals surface area contributed by atoms with Crippen LogP contribution in [0.25, 0.3) is 5.57 Å². The highest BCUT2D eigenvalue weighted by Gasteiger charge is 1.99. The number of hydrogen-bond donors (Lipinski definition) is 0. The Balaban J connectivity index is -0.0000000817. The predicted molar refractivity (Wildman–Crippen MR) is 211 cm³/mol. The van der Waals surface area contributed by atoms with Crippen LogP contribution in [0.2, 0.25) is 0 Å². The van der Waals surface area contributed by atoms with E-state index >= 15 is 0 Å². The quantitative estimate of drug-likeness (QED) is 0.159. The highest BCUT2D eigenvalue weighted by molar-refractivity contribution is 5.73. The van der Waals surface area contributed by atoms with E-state index in [0.29, 0.717) is 0 Å². The lowest BCUT2D eigenvalue weighted by Gasteiger charge is -2.03. The van der Waals surface area contributed by atoms with E-state index in [1.165, 1.54) is 48.8 Å². The molecule has 0 atom stereocenters. The van der Waals surface area contributed by atoms with Crippen molar-refractivity contribution in [1.29, 1.82) is 0 Å². The van der Waals surface area contributed by atoms with Crippen LogP contribution < -0.4 is 0 Å². The average Bonchev–Trinajstić information content (AvgIpc) is 3.01. The van der Waals surface area contributed by atoms with Crippen LogP contribution in [0.5, 0.6) is 0 Å². The van der Waals surface area contributed by atoms with Crippen LogP contribution in [0.15, 0.2) is 84.5 Å². The third-order valence-electron chi connectivity index (χ3n) is 4.64. The molecule has 0 aromatic heterocycles. The summed E-state index contributed by atoms with van der Waals surface area (Å²) >= 11 is 0. The van der Waals surface area contributed by atoms with Gasteiger partial charge in [0.25, 0.3) is 0 Å². The number of aryl methyl sites for hydroxylation is 1. The average molecular weight is 595 g/mol. The van der Waals surface area contributed by atoms with E-state index in [-0.39, 0.29) is 0 Å². The molecule has 0 aliphatic heterocycles. The second kappa shape index (κ2) is 48.9. The molecule has 0 aliphatic carbocycles. The molecule has 0 bridgehead atoms. The molecule has 0 aliphatic rings. The number of rotatable bonds is 8. The molecule has 0 fully saturated rings. The molecule has 0 N–H and O–H groups in total. The van der Waals surface area contributed by atoms with E-state index in [0.717, 1.165) is 27.8 Å². The first-order valence-electron chi connectivity index (χ1n) is 16.9. The fourth-order valence-corrected chi connectivity index (χ4v) is 2.38. The van der Waals surface area contributed by atoms with Crippen LogP contribution in [0.1, 0.15) is 166 Å². The third kappa shape index (κ3) is 49.2. The van der Waals surface area contributed by atoms with Crippen LogP contribution in [0, 0.1) is 19.3 Å². The second-order valence-corrected chi connectivity index (χ2v) is 9.21. The van der Waals surface area contributed by atoms with Gasteiger partial charge in [-0.2, -0.15) is 0 Å². The minimum Gasteiger partial charge on any atom is -0.115 e. The van der Waals surface area contributed by atoms with Crippen molar-refractivity contribution in [1.82, 2.24) is 0 Å². The minimum atomic E-state index is 0.938. The summed E-state index contributed by atoms with van der Waals surface area (Å²) in [4.78, 5) is 0. The molecule has 0 amide bonds. The first-order chi connectivity index (χ1) is 20.4. The molecule has 250 valence electrons. The van der Waals surface area contributed by atoms with Gasteiger partial charge in [0, 0.05) is 5.56 Å². The Kier molecular flexibility index (Phi) is 63.8. The molecule has 0 heteroatoms. The Bertz CT molecular complexity index is 865. The lowest BCUT2D eigenvalue weighted by atomic mass is 10.0. The zero-order valence-corrected chi connectivity index (χ0v) is 32.8. The van der Waals surface area contributed by atoms with Gasteiger partial charge < -0.3 is 0 Å². The van der Waals surface area contributed by atoms with Crippen molar-refractivity contribution in [2.24, 2.45) is 0 Å². The fraction of sp³-hybridized carbons (Fsp3) is 0.535. The molecule has 1 rings (SSSR count). The first-order valence-corrected chi connectivity index (χ1v) is 16.9. The van der Waals surface area contributed by atoms with Crippen LogP contribution in [-0.4, -0.2) is 0 Å². The van der Waals surface area contributed by atoms with Gasteiger partial charge in [-0.05, 0) is 89.6 Å². The van der Waals surface area contributed by atoms with Crippen LogP contribution in [0.3, 0.4) is 0 Å². The fourth-order valence-electron chi connectivity index (χ4n) is 2.38. The summed E-state index contributed by atoms with van der Waals surface area (Å²) in [6, 6.07) is 6.06. The van der Waals surface area contributed by atoms with E-state index in [1.54, 1.807) is 0 Å². The molecule has 1 aromatic carbocycles. The summed E-state index contributed by atoms with van der Waals surface area (Å²) in [5, 5.41) is 0. The maximum atomic E-state index is 5.40. The highest BCUT2D eigenvalue weighted by atomic mass is 14.0. The Labute approximate surface area is 275 Å². The maximum Gasteiger partial charge on any atom is 0.0277 e. The SMILES string of the molecule is C#Cc1cc(C(=C)/C=C\C)ccc1C.C=C(C)/C=C\C(CCCC)=C(C)C.C=C(C)C.CC.CC.CC.CC.CCCC. The van der Waals surface area contributed by atoms with E-state index < -0.39 is 0 Å². The Morgan fingerprint density at radius 3 is 1.49 bits per heavy atom. The maximum absolute atomic E-state index is 5.40. The zero-order chi connectivity index (χ0) is 35.8. The lowest BCUT2D eigenvalue weighted by Crippen LogP contribution is -1.85. The molecule has 0 spiro atoms. The van der Waals surface area contributed by atoms with Crippen molar-refractivity contribution in [2.45, 2.75) is 157 Å². The molecular weight excluding hydrogens is 516 g/mol. The van der Waals surface area contributed by atoms with Gasteiger partial charge in [-0.3, -0.25) is 0 Å². The largest absolute Gasteiger partial charge is 0.115 e. The molecule has 0 saturated carbocycles. The number of terminal acetylenes is 1. The summed E-state index contributed by atoms with van der Waals surface area (Å²) in [5.41, 5.74) is 9.31. The van der Waals surface area contributed by atoms with E-state index in [1.807, 2.05) is 120 Å². The normalized spacial score (nSPS) is 8.30. The molecule has 0 radical (unpaired) electrons. The van der Waals surface area contributed by atoms with Crippen molar-refractivity contribution < 1.29 is 0 Å². The van der Waals surface area contributed by atoms with Gasteiger partial charge in [0.2, 0.25) is 0 Å². The van der Waals surface area contributed by atoms with Crippen LogP contribution >= 0.6 is 0 Å². The summed E-state index contributed by atoms with van der Waals surface area (Å²) < 4.78 is 0. The van der Waals surface area contributed by atoms with Gasteiger partial charge in [0.15, 0.2) is 0 Å². The van der Waals surface area contributed by atoms with Crippen LogP contribution in [-0.2, 0) is 0 Å². The Morgan fingerprint density at radius 1 is 0.744 bits per heavy atom. The molecule has 43 heavy (non-hydrogen) atoms. The Hall–Kier alpha value is -2.78. The zero-order valence-electron chi connectivity index (χ0n) is 32.8. The smallest absolute Gasteiger partial charge is 0.0277 e. The highest BCUT2D eigenvalue weighted by Crippen LogP contribution is 2.17. The molecule has 0 nitrogen and oxygen atoms in total. The Morgan fingerprint density at radius 2 is 1.19 bits per heavy atom. The molecular formula is C43H78. The number of unbranched alkanes of at least 4 members (excludes halogenated alkanes) is 2. The third-order valence-corrected chi connectivity index (χ3v) is 4.64. The molecule has 0 saturated heterocycles. The molecule has 0 unspecified atom stereocenters. The predicted octanol–water partition coefficient (Wildman–Crippen LogP) is 15.7. The van der Waals surface area contributed by atoms with Crippen molar-refractivity contribution in [2.75, 3.05) is 0 Å².